The molecular weight excluding hydrogens is 262 g/mol. The molecule has 5 heteroatoms. The van der Waals surface area contributed by atoms with Crippen LogP contribution in [0.1, 0.15) is 31.5 Å². The van der Waals surface area contributed by atoms with E-state index >= 15 is 0 Å². The first-order chi connectivity index (χ1) is 8.47. The first-order valence-corrected chi connectivity index (χ1v) is 7.70. The summed E-state index contributed by atoms with van der Waals surface area (Å²) in [6.07, 6.45) is 1.07. The van der Waals surface area contributed by atoms with Gasteiger partial charge in [0.15, 0.2) is 0 Å². The maximum Gasteiger partial charge on any atom is 0.204 e. The van der Waals surface area contributed by atoms with E-state index in [4.69, 9.17) is 0 Å². The third kappa shape index (κ3) is 3.29. The van der Waals surface area contributed by atoms with Gasteiger partial charge in [-0.15, -0.1) is 11.3 Å². The topological polar surface area (TPSA) is 29.0 Å². The molecule has 2 aromatic rings. The molecule has 0 aliphatic rings. The van der Waals surface area contributed by atoms with E-state index in [1.54, 1.807) is 0 Å². The van der Waals surface area contributed by atoms with E-state index in [1.165, 1.54) is 16.4 Å². The van der Waals surface area contributed by atoms with E-state index in [0.717, 1.165) is 23.9 Å². The lowest BCUT2D eigenvalue weighted by Crippen LogP contribution is -2.20. The number of nitrogens with zero attached hydrogens (tertiary/aromatic N) is 3. The predicted octanol–water partition coefficient (Wildman–Crippen LogP) is 3.58. The SMILES string of the molecule is CN(CCc1cccs1)c1nc(C(C)(C)C)ns1. The Morgan fingerprint density at radius 3 is 2.67 bits per heavy atom. The van der Waals surface area contributed by atoms with Crippen molar-refractivity contribution in [2.24, 2.45) is 0 Å². The number of hydrogen-bond acceptors (Lipinski definition) is 5. The number of anilines is 1. The lowest BCUT2D eigenvalue weighted by molar-refractivity contribution is 0.554. The van der Waals surface area contributed by atoms with E-state index in [2.05, 4.69) is 59.6 Å². The molecule has 0 aliphatic carbocycles. The van der Waals surface area contributed by atoms with Crippen LogP contribution in [-0.2, 0) is 11.8 Å². The monoisotopic (exact) mass is 281 g/mol. The van der Waals surface area contributed by atoms with Crippen LogP contribution >= 0.6 is 22.9 Å². The van der Waals surface area contributed by atoms with Crippen molar-refractivity contribution < 1.29 is 0 Å². The van der Waals surface area contributed by atoms with E-state index < -0.39 is 0 Å². The van der Waals surface area contributed by atoms with Crippen LogP contribution in [0.25, 0.3) is 0 Å². The van der Waals surface area contributed by atoms with E-state index in [0.29, 0.717) is 0 Å². The molecule has 98 valence electrons. The highest BCUT2D eigenvalue weighted by Gasteiger charge is 2.20. The molecule has 0 amide bonds. The lowest BCUT2D eigenvalue weighted by atomic mass is 9.96. The van der Waals surface area contributed by atoms with Crippen molar-refractivity contribution in [3.8, 4) is 0 Å². The number of hydrogen-bond donors (Lipinski definition) is 0. The van der Waals surface area contributed by atoms with E-state index in [1.807, 2.05) is 11.3 Å². The fourth-order valence-corrected chi connectivity index (χ4v) is 3.04. The van der Waals surface area contributed by atoms with Gasteiger partial charge in [0, 0.05) is 35.4 Å². The van der Waals surface area contributed by atoms with Crippen molar-refractivity contribution in [1.29, 1.82) is 0 Å². The van der Waals surface area contributed by atoms with Crippen LogP contribution in [-0.4, -0.2) is 22.9 Å². The molecule has 0 N–H and O–H groups in total. The largest absolute Gasteiger partial charge is 0.350 e. The van der Waals surface area contributed by atoms with E-state index in [9.17, 15) is 0 Å². The zero-order chi connectivity index (χ0) is 13.2. The zero-order valence-corrected chi connectivity index (χ0v) is 12.9. The van der Waals surface area contributed by atoms with Gasteiger partial charge >= 0.3 is 0 Å². The van der Waals surface area contributed by atoms with Gasteiger partial charge in [-0.1, -0.05) is 26.8 Å². The maximum atomic E-state index is 4.62. The molecule has 2 aromatic heterocycles. The molecule has 0 radical (unpaired) electrons. The van der Waals surface area contributed by atoms with Crippen LogP contribution < -0.4 is 4.90 Å². The molecular formula is C13H19N3S2. The van der Waals surface area contributed by atoms with Crippen LogP contribution in [0.5, 0.6) is 0 Å². The standard InChI is InChI=1S/C13H19N3S2/c1-13(2,3)11-14-12(18-15-11)16(4)8-7-10-6-5-9-17-10/h5-6,9H,7-8H2,1-4H3. The van der Waals surface area contributed by atoms with Gasteiger partial charge in [0.1, 0.15) is 5.82 Å². The first kappa shape index (κ1) is 13.5. The Kier molecular flexibility index (Phi) is 4.02. The second kappa shape index (κ2) is 5.36. The second-order valence-corrected chi connectivity index (χ2v) is 7.16. The fraction of sp³-hybridized carbons (Fsp3) is 0.538. The highest BCUT2D eigenvalue weighted by molar-refractivity contribution is 7.10. The molecule has 18 heavy (non-hydrogen) atoms. The smallest absolute Gasteiger partial charge is 0.204 e. The fourth-order valence-electron chi connectivity index (χ4n) is 1.50. The van der Waals surface area contributed by atoms with Crippen molar-refractivity contribution in [2.45, 2.75) is 32.6 Å². The Morgan fingerprint density at radius 2 is 2.11 bits per heavy atom. The Labute approximate surface area is 117 Å². The molecule has 0 spiro atoms. The van der Waals surface area contributed by atoms with Crippen molar-refractivity contribution >= 4 is 28.0 Å². The van der Waals surface area contributed by atoms with Gasteiger partial charge in [0.05, 0.1) is 0 Å². The first-order valence-electron chi connectivity index (χ1n) is 6.04. The molecule has 0 bridgehead atoms. The van der Waals surface area contributed by atoms with Crippen molar-refractivity contribution in [2.75, 3.05) is 18.5 Å². The quantitative estimate of drug-likeness (QED) is 0.858. The molecule has 0 atom stereocenters. The van der Waals surface area contributed by atoms with Crippen LogP contribution in [0.4, 0.5) is 5.13 Å². The van der Waals surface area contributed by atoms with Gasteiger partial charge < -0.3 is 4.90 Å². The highest BCUT2D eigenvalue weighted by Crippen LogP contribution is 2.24. The molecule has 0 fully saturated rings. The molecule has 2 heterocycles. The summed E-state index contributed by atoms with van der Waals surface area (Å²) in [4.78, 5) is 8.22. The number of aromatic nitrogens is 2. The third-order valence-electron chi connectivity index (χ3n) is 2.69. The summed E-state index contributed by atoms with van der Waals surface area (Å²) in [5, 5.41) is 3.13. The van der Waals surface area contributed by atoms with Gasteiger partial charge in [0.25, 0.3) is 0 Å². The van der Waals surface area contributed by atoms with Gasteiger partial charge in [-0.3, -0.25) is 0 Å². The molecule has 2 rings (SSSR count). The number of thiophene rings is 1. The Balaban J connectivity index is 1.96. The van der Waals surface area contributed by atoms with Crippen LogP contribution in [0.15, 0.2) is 17.5 Å². The maximum absolute atomic E-state index is 4.62. The molecule has 0 saturated carbocycles. The van der Waals surface area contributed by atoms with Crippen molar-refractivity contribution in [1.82, 2.24) is 9.36 Å². The average molecular weight is 281 g/mol. The summed E-state index contributed by atoms with van der Waals surface area (Å²) in [6, 6.07) is 4.28. The summed E-state index contributed by atoms with van der Waals surface area (Å²) >= 11 is 3.30. The van der Waals surface area contributed by atoms with Crippen LogP contribution in [0, 0.1) is 0 Å². The number of likely N-dealkylation sites (N-methyl/N-ethyl adjacent to an activating group) is 1. The Hall–Kier alpha value is -0.940. The third-order valence-corrected chi connectivity index (χ3v) is 4.45. The summed E-state index contributed by atoms with van der Waals surface area (Å²) in [6.45, 7) is 7.42. The van der Waals surface area contributed by atoms with Gasteiger partial charge in [-0.25, -0.2) is 4.98 Å². The minimum Gasteiger partial charge on any atom is -0.350 e. The molecule has 3 nitrogen and oxygen atoms in total. The average Bonchev–Trinajstić information content (AvgIpc) is 2.96. The predicted molar refractivity (Wildman–Crippen MR) is 79.9 cm³/mol. The summed E-state index contributed by atoms with van der Waals surface area (Å²) in [5.74, 6) is 0.936. The van der Waals surface area contributed by atoms with Gasteiger partial charge in [-0.05, 0) is 17.9 Å². The summed E-state index contributed by atoms with van der Waals surface area (Å²) in [7, 11) is 2.08. The van der Waals surface area contributed by atoms with E-state index in [-0.39, 0.29) is 5.41 Å². The zero-order valence-electron chi connectivity index (χ0n) is 11.3. The number of rotatable bonds is 4. The minimum absolute atomic E-state index is 0.0311. The second-order valence-electron chi connectivity index (χ2n) is 5.40. The molecule has 0 unspecified atom stereocenters. The molecule has 0 saturated heterocycles. The van der Waals surface area contributed by atoms with Crippen LogP contribution in [0.2, 0.25) is 0 Å². The molecule has 0 aliphatic heterocycles. The lowest BCUT2D eigenvalue weighted by Gasteiger charge is -2.15. The highest BCUT2D eigenvalue weighted by atomic mass is 32.1. The Morgan fingerprint density at radius 1 is 1.33 bits per heavy atom. The van der Waals surface area contributed by atoms with Gasteiger partial charge in [-0.2, -0.15) is 4.37 Å². The minimum atomic E-state index is 0.0311. The summed E-state index contributed by atoms with van der Waals surface area (Å²) < 4.78 is 4.45. The van der Waals surface area contributed by atoms with Crippen molar-refractivity contribution in [3.63, 3.8) is 0 Å². The van der Waals surface area contributed by atoms with Gasteiger partial charge in [0.2, 0.25) is 5.13 Å². The summed E-state index contributed by atoms with van der Waals surface area (Å²) in [5.41, 5.74) is 0.0311. The van der Waals surface area contributed by atoms with Crippen LogP contribution in [0.3, 0.4) is 0 Å². The Bertz CT molecular complexity index is 483. The normalized spacial score (nSPS) is 11.8. The molecule has 0 aromatic carbocycles. The van der Waals surface area contributed by atoms with Crippen molar-refractivity contribution in [3.05, 3.63) is 28.2 Å².